The zero-order valence-electron chi connectivity index (χ0n) is 14.6. The van der Waals surface area contributed by atoms with Crippen LogP contribution in [0, 0.1) is 6.92 Å². The fourth-order valence-electron chi connectivity index (χ4n) is 2.98. The molecule has 2 aromatic heterocycles. The molecule has 4 aromatic rings. The molecule has 0 radical (unpaired) electrons. The highest BCUT2D eigenvalue weighted by molar-refractivity contribution is 5.95. The van der Waals surface area contributed by atoms with Gasteiger partial charge in [0.05, 0.1) is 40.2 Å². The van der Waals surface area contributed by atoms with Gasteiger partial charge in [-0.2, -0.15) is 5.10 Å². The van der Waals surface area contributed by atoms with Crippen LogP contribution in [0.2, 0.25) is 0 Å². The SMILES string of the molecule is Cc1c(C(=O)NC(C)c2nc3ccccc3[nH]2)cnn1-c1ccccc1. The number of hydrogen-bond acceptors (Lipinski definition) is 3. The number of carbonyl (C=O) groups excluding carboxylic acids is 1. The number of imidazole rings is 1. The Morgan fingerprint density at radius 2 is 1.85 bits per heavy atom. The van der Waals surface area contributed by atoms with Crippen molar-refractivity contribution in [3.63, 3.8) is 0 Å². The van der Waals surface area contributed by atoms with Gasteiger partial charge in [0.25, 0.3) is 5.91 Å². The summed E-state index contributed by atoms with van der Waals surface area (Å²) < 4.78 is 1.76. The first-order valence-corrected chi connectivity index (χ1v) is 8.49. The van der Waals surface area contributed by atoms with E-state index in [4.69, 9.17) is 0 Å². The predicted molar refractivity (Wildman–Crippen MR) is 100 cm³/mol. The highest BCUT2D eigenvalue weighted by Gasteiger charge is 2.19. The first-order valence-electron chi connectivity index (χ1n) is 8.49. The van der Waals surface area contributed by atoms with Crippen molar-refractivity contribution in [2.75, 3.05) is 0 Å². The van der Waals surface area contributed by atoms with Crippen LogP contribution < -0.4 is 5.32 Å². The highest BCUT2D eigenvalue weighted by Crippen LogP contribution is 2.18. The lowest BCUT2D eigenvalue weighted by Crippen LogP contribution is -2.27. The number of aromatic amines is 1. The molecule has 2 heterocycles. The van der Waals surface area contributed by atoms with Crippen LogP contribution in [0.3, 0.4) is 0 Å². The molecule has 0 saturated heterocycles. The van der Waals surface area contributed by atoms with Gasteiger partial charge < -0.3 is 10.3 Å². The van der Waals surface area contributed by atoms with E-state index in [-0.39, 0.29) is 11.9 Å². The van der Waals surface area contributed by atoms with Gasteiger partial charge in [0, 0.05) is 0 Å². The quantitative estimate of drug-likeness (QED) is 0.594. The van der Waals surface area contributed by atoms with E-state index in [1.54, 1.807) is 10.9 Å². The van der Waals surface area contributed by atoms with E-state index in [1.807, 2.05) is 68.4 Å². The van der Waals surface area contributed by atoms with Crippen LogP contribution in [-0.2, 0) is 0 Å². The van der Waals surface area contributed by atoms with Gasteiger partial charge in [0.15, 0.2) is 0 Å². The number of hydrogen-bond donors (Lipinski definition) is 2. The second-order valence-corrected chi connectivity index (χ2v) is 6.23. The molecule has 0 saturated carbocycles. The minimum atomic E-state index is -0.241. The van der Waals surface area contributed by atoms with Crippen molar-refractivity contribution in [3.8, 4) is 5.69 Å². The van der Waals surface area contributed by atoms with Crippen LogP contribution in [0.1, 0.15) is 34.8 Å². The van der Waals surface area contributed by atoms with Gasteiger partial charge >= 0.3 is 0 Å². The largest absolute Gasteiger partial charge is 0.342 e. The van der Waals surface area contributed by atoms with Crippen LogP contribution in [0.25, 0.3) is 16.7 Å². The van der Waals surface area contributed by atoms with Crippen molar-refractivity contribution < 1.29 is 4.79 Å². The molecule has 26 heavy (non-hydrogen) atoms. The van der Waals surface area contributed by atoms with Gasteiger partial charge in [0.2, 0.25) is 0 Å². The molecule has 0 spiro atoms. The lowest BCUT2D eigenvalue weighted by Gasteiger charge is -2.11. The molecule has 130 valence electrons. The third-order valence-corrected chi connectivity index (χ3v) is 4.42. The number of nitrogens with one attached hydrogen (secondary N) is 2. The lowest BCUT2D eigenvalue weighted by molar-refractivity contribution is 0.0938. The number of H-pyrrole nitrogens is 1. The molecule has 1 atom stereocenters. The van der Waals surface area contributed by atoms with Crippen molar-refractivity contribution in [3.05, 3.63) is 77.9 Å². The maximum absolute atomic E-state index is 12.7. The van der Waals surface area contributed by atoms with E-state index in [0.717, 1.165) is 28.2 Å². The van der Waals surface area contributed by atoms with Crippen molar-refractivity contribution >= 4 is 16.9 Å². The van der Waals surface area contributed by atoms with Crippen LogP contribution >= 0.6 is 0 Å². The first-order chi connectivity index (χ1) is 12.6. The standard InChI is InChI=1S/C20H19N5O/c1-13(19-23-17-10-6-7-11-18(17)24-19)22-20(26)16-12-21-25(14(16)2)15-8-4-3-5-9-15/h3-13H,1-2H3,(H,22,26)(H,23,24). The minimum Gasteiger partial charge on any atom is -0.342 e. The Hall–Kier alpha value is -3.41. The summed E-state index contributed by atoms with van der Waals surface area (Å²) in [6.45, 7) is 3.80. The molecule has 0 bridgehead atoms. The summed E-state index contributed by atoms with van der Waals surface area (Å²) in [6, 6.07) is 17.3. The van der Waals surface area contributed by atoms with E-state index in [1.165, 1.54) is 0 Å². The lowest BCUT2D eigenvalue weighted by atomic mass is 10.2. The van der Waals surface area contributed by atoms with Crippen LogP contribution in [0.15, 0.2) is 60.8 Å². The topological polar surface area (TPSA) is 75.6 Å². The van der Waals surface area contributed by atoms with Crippen molar-refractivity contribution in [1.82, 2.24) is 25.1 Å². The maximum Gasteiger partial charge on any atom is 0.255 e. The third-order valence-electron chi connectivity index (χ3n) is 4.42. The fourth-order valence-corrected chi connectivity index (χ4v) is 2.98. The summed E-state index contributed by atoms with van der Waals surface area (Å²) in [5.41, 5.74) is 4.12. The predicted octanol–water partition coefficient (Wildman–Crippen LogP) is 3.55. The molecule has 4 rings (SSSR count). The Balaban J connectivity index is 1.55. The molecule has 6 heteroatoms. The van der Waals surface area contributed by atoms with E-state index in [2.05, 4.69) is 20.4 Å². The van der Waals surface area contributed by atoms with Gasteiger partial charge in [-0.25, -0.2) is 9.67 Å². The summed E-state index contributed by atoms with van der Waals surface area (Å²) >= 11 is 0. The molecule has 1 amide bonds. The van der Waals surface area contributed by atoms with Gasteiger partial charge in [-0.05, 0) is 38.1 Å². The third kappa shape index (κ3) is 2.86. The zero-order chi connectivity index (χ0) is 18.1. The summed E-state index contributed by atoms with van der Waals surface area (Å²) in [7, 11) is 0. The summed E-state index contributed by atoms with van der Waals surface area (Å²) in [5, 5.41) is 7.35. The molecule has 6 nitrogen and oxygen atoms in total. The van der Waals surface area contributed by atoms with Gasteiger partial charge in [0.1, 0.15) is 5.82 Å². The number of fused-ring (bicyclic) bond motifs is 1. The van der Waals surface area contributed by atoms with Crippen LogP contribution in [0.4, 0.5) is 0 Å². The fraction of sp³-hybridized carbons (Fsp3) is 0.150. The molecule has 2 aromatic carbocycles. The Kier molecular flexibility index (Phi) is 4.01. The molecular formula is C20H19N5O. The number of amides is 1. The number of nitrogens with zero attached hydrogens (tertiary/aromatic N) is 3. The Bertz CT molecular complexity index is 1030. The molecule has 1 unspecified atom stereocenters. The number of aromatic nitrogens is 4. The molecule has 0 aliphatic heterocycles. The number of rotatable bonds is 4. The first kappa shape index (κ1) is 16.1. The average molecular weight is 345 g/mol. The van der Waals surface area contributed by atoms with E-state index in [0.29, 0.717) is 5.56 Å². The Morgan fingerprint density at radius 1 is 1.12 bits per heavy atom. The molecule has 2 N–H and O–H groups in total. The van der Waals surface area contributed by atoms with Crippen molar-refractivity contribution in [2.45, 2.75) is 19.9 Å². The maximum atomic E-state index is 12.7. The van der Waals surface area contributed by atoms with Crippen LogP contribution in [0.5, 0.6) is 0 Å². The van der Waals surface area contributed by atoms with Gasteiger partial charge in [-0.15, -0.1) is 0 Å². The Labute approximate surface area is 150 Å². The molecular weight excluding hydrogens is 326 g/mol. The number of carbonyl (C=O) groups is 1. The average Bonchev–Trinajstić information content (AvgIpc) is 3.26. The smallest absolute Gasteiger partial charge is 0.255 e. The minimum absolute atomic E-state index is 0.169. The number of benzene rings is 2. The highest BCUT2D eigenvalue weighted by atomic mass is 16.1. The summed E-state index contributed by atoms with van der Waals surface area (Å²) in [6.07, 6.45) is 1.60. The normalized spacial score (nSPS) is 12.2. The second kappa shape index (κ2) is 6.48. The summed E-state index contributed by atoms with van der Waals surface area (Å²) in [4.78, 5) is 20.5. The molecule has 0 aliphatic carbocycles. The van der Waals surface area contributed by atoms with Crippen molar-refractivity contribution in [2.24, 2.45) is 0 Å². The molecule has 0 aliphatic rings. The van der Waals surface area contributed by atoms with Crippen molar-refractivity contribution in [1.29, 1.82) is 0 Å². The van der Waals surface area contributed by atoms with Crippen LogP contribution in [-0.4, -0.2) is 25.7 Å². The molecule has 0 fully saturated rings. The van der Waals surface area contributed by atoms with E-state index >= 15 is 0 Å². The van der Waals surface area contributed by atoms with E-state index < -0.39 is 0 Å². The Morgan fingerprint density at radius 3 is 2.62 bits per heavy atom. The monoisotopic (exact) mass is 345 g/mol. The van der Waals surface area contributed by atoms with Gasteiger partial charge in [-0.1, -0.05) is 30.3 Å². The zero-order valence-corrected chi connectivity index (χ0v) is 14.6. The summed E-state index contributed by atoms with van der Waals surface area (Å²) in [5.74, 6) is 0.560. The van der Waals surface area contributed by atoms with Gasteiger partial charge in [-0.3, -0.25) is 4.79 Å². The second-order valence-electron chi connectivity index (χ2n) is 6.23. The number of para-hydroxylation sites is 3. The van der Waals surface area contributed by atoms with E-state index in [9.17, 15) is 4.79 Å².